The maximum absolute atomic E-state index is 13.9. The summed E-state index contributed by atoms with van der Waals surface area (Å²) in [4.78, 5) is 13.5. The number of carbonyl (C=O) groups is 1. The van der Waals surface area contributed by atoms with Gasteiger partial charge in [-0.3, -0.25) is 9.10 Å². The molecule has 1 amide bonds. The molecule has 4 aromatic rings. The Morgan fingerprint density at radius 2 is 1.42 bits per heavy atom. The van der Waals surface area contributed by atoms with E-state index in [9.17, 15) is 13.2 Å². The van der Waals surface area contributed by atoms with Crippen LogP contribution in [0.5, 0.6) is 5.75 Å². The second-order valence-corrected chi connectivity index (χ2v) is 10.2. The normalized spacial score (nSPS) is 11.9. The van der Waals surface area contributed by atoms with Crippen LogP contribution in [0.25, 0.3) is 0 Å². The summed E-state index contributed by atoms with van der Waals surface area (Å²) in [5, 5.41) is 3.00. The van der Waals surface area contributed by atoms with Gasteiger partial charge in [-0.25, -0.2) is 8.42 Å². The lowest BCUT2D eigenvalue weighted by molar-refractivity contribution is 0.0940. The van der Waals surface area contributed by atoms with Crippen LogP contribution in [-0.2, 0) is 16.6 Å². The van der Waals surface area contributed by atoms with Gasteiger partial charge in [0.2, 0.25) is 0 Å². The van der Waals surface area contributed by atoms with E-state index in [0.717, 1.165) is 11.1 Å². The summed E-state index contributed by atoms with van der Waals surface area (Å²) >= 11 is 0. The van der Waals surface area contributed by atoms with Gasteiger partial charge in [-0.15, -0.1) is 0 Å². The number of anilines is 1. The van der Waals surface area contributed by atoms with Crippen LogP contribution in [0.15, 0.2) is 114 Å². The number of nitrogens with one attached hydrogen (secondary N) is 1. The van der Waals surface area contributed by atoms with E-state index in [0.29, 0.717) is 11.4 Å². The predicted octanol–water partition coefficient (Wildman–Crippen LogP) is 5.58. The number of methoxy groups -OCH3 is 1. The smallest absolute Gasteiger partial charge is 0.264 e. The number of amides is 1. The number of hydrogen-bond donors (Lipinski definition) is 1. The molecule has 0 radical (unpaired) electrons. The number of rotatable bonds is 9. The van der Waals surface area contributed by atoms with Gasteiger partial charge >= 0.3 is 0 Å². The number of nitrogens with zero attached hydrogens (tertiary/aromatic N) is 1. The molecule has 6 nitrogen and oxygen atoms in total. The molecule has 0 aliphatic heterocycles. The van der Waals surface area contributed by atoms with Crippen LogP contribution in [0.2, 0.25) is 0 Å². The summed E-state index contributed by atoms with van der Waals surface area (Å²) in [6.45, 7) is 1.96. The van der Waals surface area contributed by atoms with E-state index < -0.39 is 10.0 Å². The first kappa shape index (κ1) is 25.0. The Morgan fingerprint density at radius 1 is 0.833 bits per heavy atom. The predicted molar refractivity (Wildman–Crippen MR) is 142 cm³/mol. The number of para-hydroxylation sites is 1. The van der Waals surface area contributed by atoms with Gasteiger partial charge in [0, 0.05) is 0 Å². The summed E-state index contributed by atoms with van der Waals surface area (Å²) in [6.07, 6.45) is 0. The molecule has 184 valence electrons. The summed E-state index contributed by atoms with van der Waals surface area (Å²) in [7, 11) is -2.49. The minimum atomic E-state index is -4.02. The Bertz CT molecular complexity index is 1410. The van der Waals surface area contributed by atoms with Crippen molar-refractivity contribution >= 4 is 21.6 Å². The van der Waals surface area contributed by atoms with Gasteiger partial charge < -0.3 is 10.1 Å². The van der Waals surface area contributed by atoms with E-state index in [4.69, 9.17) is 4.74 Å². The van der Waals surface area contributed by atoms with Crippen LogP contribution in [0, 0.1) is 0 Å². The highest BCUT2D eigenvalue weighted by atomic mass is 32.2. The molecule has 0 spiro atoms. The molecule has 0 bridgehead atoms. The third-order valence-electron chi connectivity index (χ3n) is 5.88. The van der Waals surface area contributed by atoms with Gasteiger partial charge in [0.25, 0.3) is 15.9 Å². The molecule has 1 N–H and O–H groups in total. The fraction of sp³-hybridized carbons (Fsp3) is 0.138. The minimum absolute atomic E-state index is 0.0632. The lowest BCUT2D eigenvalue weighted by Gasteiger charge is -2.27. The van der Waals surface area contributed by atoms with E-state index in [1.54, 1.807) is 36.4 Å². The number of ether oxygens (including phenoxy) is 1. The van der Waals surface area contributed by atoms with Gasteiger partial charge in [-0.1, -0.05) is 72.8 Å². The average molecular weight is 501 g/mol. The first-order valence-corrected chi connectivity index (χ1v) is 13.0. The average Bonchev–Trinajstić information content (AvgIpc) is 2.92. The van der Waals surface area contributed by atoms with Crippen molar-refractivity contribution in [3.05, 3.63) is 126 Å². The van der Waals surface area contributed by atoms with Crippen molar-refractivity contribution in [1.29, 1.82) is 0 Å². The number of sulfonamides is 1. The van der Waals surface area contributed by atoms with E-state index >= 15 is 0 Å². The Labute approximate surface area is 212 Å². The molecular formula is C29H28N2O4S. The maximum atomic E-state index is 13.9. The molecule has 0 aromatic heterocycles. The van der Waals surface area contributed by atoms with Gasteiger partial charge in [0.15, 0.2) is 0 Å². The van der Waals surface area contributed by atoms with Crippen molar-refractivity contribution < 1.29 is 17.9 Å². The molecule has 0 aliphatic carbocycles. The Morgan fingerprint density at radius 3 is 2.06 bits per heavy atom. The van der Waals surface area contributed by atoms with Crippen LogP contribution < -0.4 is 14.4 Å². The zero-order valence-corrected chi connectivity index (χ0v) is 21.0. The second-order valence-electron chi connectivity index (χ2n) is 8.30. The SMILES string of the molecule is COc1ccc(S(=O)(=O)N(Cc2ccccc2)c2ccccc2C(=O)N[C@H](C)c2ccccc2)cc1. The van der Waals surface area contributed by atoms with Gasteiger partial charge in [0.05, 0.1) is 35.8 Å². The zero-order valence-electron chi connectivity index (χ0n) is 20.2. The molecule has 36 heavy (non-hydrogen) atoms. The molecule has 4 rings (SSSR count). The molecule has 0 heterocycles. The first-order chi connectivity index (χ1) is 17.4. The number of benzene rings is 4. The number of carbonyl (C=O) groups excluding carboxylic acids is 1. The molecule has 1 atom stereocenters. The van der Waals surface area contributed by atoms with Crippen LogP contribution in [-0.4, -0.2) is 21.4 Å². The standard InChI is InChI=1S/C29H28N2O4S/c1-22(24-13-7-4-8-14-24)30-29(32)27-15-9-10-16-28(27)31(21-23-11-5-3-6-12-23)36(33,34)26-19-17-25(35-2)18-20-26/h3-20,22H,21H2,1-2H3,(H,30,32)/t22-/m1/s1. The Kier molecular flexibility index (Phi) is 7.71. The van der Waals surface area contributed by atoms with E-state index in [1.165, 1.54) is 23.5 Å². The highest BCUT2D eigenvalue weighted by molar-refractivity contribution is 7.92. The zero-order chi connectivity index (χ0) is 25.5. The van der Waals surface area contributed by atoms with Crippen LogP contribution in [0.4, 0.5) is 5.69 Å². The van der Waals surface area contributed by atoms with Gasteiger partial charge in [-0.2, -0.15) is 0 Å². The maximum Gasteiger partial charge on any atom is 0.264 e. The summed E-state index contributed by atoms with van der Waals surface area (Å²) < 4.78 is 34.3. The van der Waals surface area contributed by atoms with E-state index in [2.05, 4.69) is 5.32 Å². The third-order valence-corrected chi connectivity index (χ3v) is 7.65. The Balaban J connectivity index is 1.75. The highest BCUT2D eigenvalue weighted by Gasteiger charge is 2.29. The monoisotopic (exact) mass is 500 g/mol. The number of hydrogen-bond acceptors (Lipinski definition) is 4. The van der Waals surface area contributed by atoms with Crippen LogP contribution in [0.1, 0.15) is 34.5 Å². The summed E-state index contributed by atoms with van der Waals surface area (Å²) in [6, 6.07) is 31.6. The van der Waals surface area contributed by atoms with Crippen molar-refractivity contribution in [1.82, 2.24) is 5.32 Å². The molecule has 0 saturated carbocycles. The van der Waals surface area contributed by atoms with E-state index in [1.807, 2.05) is 67.6 Å². The van der Waals surface area contributed by atoms with Crippen molar-refractivity contribution in [2.24, 2.45) is 0 Å². The second kappa shape index (κ2) is 11.1. The summed E-state index contributed by atoms with van der Waals surface area (Å²) in [5.74, 6) is 0.197. The lowest BCUT2D eigenvalue weighted by atomic mass is 10.1. The van der Waals surface area contributed by atoms with Crippen LogP contribution >= 0.6 is 0 Å². The lowest BCUT2D eigenvalue weighted by Crippen LogP contribution is -2.34. The topological polar surface area (TPSA) is 75.7 Å². The van der Waals surface area contributed by atoms with Gasteiger partial charge in [0.1, 0.15) is 5.75 Å². The third kappa shape index (κ3) is 5.58. The molecule has 4 aromatic carbocycles. The Hall–Kier alpha value is -4.10. The molecule has 0 fully saturated rings. The van der Waals surface area contributed by atoms with Crippen molar-refractivity contribution in [3.8, 4) is 5.75 Å². The highest BCUT2D eigenvalue weighted by Crippen LogP contribution is 2.30. The molecular weight excluding hydrogens is 472 g/mol. The van der Waals surface area contributed by atoms with Crippen molar-refractivity contribution in [2.75, 3.05) is 11.4 Å². The molecule has 0 unspecified atom stereocenters. The summed E-state index contributed by atoms with van der Waals surface area (Å²) in [5.41, 5.74) is 2.32. The fourth-order valence-electron chi connectivity index (χ4n) is 3.91. The molecule has 7 heteroatoms. The van der Waals surface area contributed by atoms with Crippen molar-refractivity contribution in [3.63, 3.8) is 0 Å². The largest absolute Gasteiger partial charge is 0.497 e. The fourth-order valence-corrected chi connectivity index (χ4v) is 5.38. The van der Waals surface area contributed by atoms with Crippen LogP contribution in [0.3, 0.4) is 0 Å². The van der Waals surface area contributed by atoms with Gasteiger partial charge in [-0.05, 0) is 54.4 Å². The quantitative estimate of drug-likeness (QED) is 0.325. The first-order valence-electron chi connectivity index (χ1n) is 11.6. The minimum Gasteiger partial charge on any atom is -0.497 e. The molecule has 0 saturated heterocycles. The van der Waals surface area contributed by atoms with E-state index in [-0.39, 0.29) is 29.0 Å². The molecule has 0 aliphatic rings. The van der Waals surface area contributed by atoms with Crippen molar-refractivity contribution in [2.45, 2.75) is 24.4 Å².